The lowest BCUT2D eigenvalue weighted by Crippen LogP contribution is -1.83. The number of hydrogen-bond donors (Lipinski definition) is 1. The van der Waals surface area contributed by atoms with E-state index >= 15 is 0 Å². The Balaban J connectivity index is 2.98. The first-order valence-corrected chi connectivity index (χ1v) is 2.06. The quantitative estimate of drug-likeness (QED) is 0.430. The molecule has 1 aromatic rings. The van der Waals surface area contributed by atoms with Gasteiger partial charge in [-0.25, -0.2) is 0 Å². The Morgan fingerprint density at radius 2 is 2.56 bits per heavy atom. The maximum atomic E-state index is 9.83. The van der Waals surface area contributed by atoms with Crippen LogP contribution in [0.4, 0.5) is 11.9 Å². The van der Waals surface area contributed by atoms with Gasteiger partial charge >= 0.3 is 5.88 Å². The zero-order valence-corrected chi connectivity index (χ0v) is 4.27. The third-order valence-corrected chi connectivity index (χ3v) is 0.691. The highest BCUT2D eigenvalue weighted by molar-refractivity contribution is 5.18. The summed E-state index contributed by atoms with van der Waals surface area (Å²) in [5.74, 6) is -0.437. The molecule has 1 aromatic heterocycles. The molecular weight excluding hydrogens is 126 g/mol. The molecule has 0 aromatic carbocycles. The lowest BCUT2D eigenvalue weighted by Gasteiger charge is -1.77. The number of nitrogens with zero attached hydrogens (tertiary/aromatic N) is 2. The van der Waals surface area contributed by atoms with Crippen LogP contribution in [0.1, 0.15) is 0 Å². The van der Waals surface area contributed by atoms with Crippen molar-refractivity contribution < 1.29 is 9.34 Å². The molecule has 1 heterocycles. The minimum absolute atomic E-state index is 0.193. The van der Waals surface area contributed by atoms with Gasteiger partial charge in [0.2, 0.25) is 0 Å². The van der Waals surface area contributed by atoms with E-state index in [-0.39, 0.29) is 6.01 Å². The molecular formula is C3H3N3O3. The van der Waals surface area contributed by atoms with Crippen LogP contribution in [0.15, 0.2) is 10.6 Å². The van der Waals surface area contributed by atoms with Crippen LogP contribution in [0.5, 0.6) is 0 Å². The summed E-state index contributed by atoms with van der Waals surface area (Å²) < 4.78 is 4.31. The third kappa shape index (κ3) is 0.958. The van der Waals surface area contributed by atoms with Gasteiger partial charge in [-0.3, -0.25) is 10.1 Å². The molecule has 0 saturated carbocycles. The highest BCUT2D eigenvalue weighted by Crippen LogP contribution is 2.12. The van der Waals surface area contributed by atoms with Gasteiger partial charge in [0.25, 0.3) is 6.01 Å². The van der Waals surface area contributed by atoms with E-state index in [1.54, 1.807) is 0 Å². The van der Waals surface area contributed by atoms with Crippen molar-refractivity contribution in [2.24, 2.45) is 0 Å². The summed E-state index contributed by atoms with van der Waals surface area (Å²) in [6.45, 7) is 0. The van der Waals surface area contributed by atoms with Gasteiger partial charge in [0.1, 0.15) is 4.92 Å². The van der Waals surface area contributed by atoms with Gasteiger partial charge in [-0.15, -0.1) is 0 Å². The summed E-state index contributed by atoms with van der Waals surface area (Å²) in [5.41, 5.74) is 4.93. The van der Waals surface area contributed by atoms with Crippen molar-refractivity contribution in [1.82, 2.24) is 4.98 Å². The standard InChI is InChI=1S/C3H3N3O3/c4-3-5-1-2(9-3)6(7)8/h1H,(H2,4,5). The summed E-state index contributed by atoms with van der Waals surface area (Å²) in [6.07, 6.45) is 0.954. The van der Waals surface area contributed by atoms with Gasteiger partial charge < -0.3 is 10.2 Å². The molecule has 0 saturated heterocycles. The van der Waals surface area contributed by atoms with E-state index in [1.165, 1.54) is 0 Å². The average molecular weight is 129 g/mol. The monoisotopic (exact) mass is 129 g/mol. The minimum Gasteiger partial charge on any atom is -0.366 e. The average Bonchev–Trinajstić information content (AvgIpc) is 2.14. The molecule has 9 heavy (non-hydrogen) atoms. The molecule has 0 aliphatic carbocycles. The molecule has 0 spiro atoms. The van der Waals surface area contributed by atoms with Crippen LogP contribution in [0.25, 0.3) is 0 Å². The Labute approximate surface area is 49.4 Å². The van der Waals surface area contributed by atoms with Crippen LogP contribution < -0.4 is 5.73 Å². The molecule has 6 nitrogen and oxygen atoms in total. The van der Waals surface area contributed by atoms with E-state index < -0.39 is 10.8 Å². The number of oxazole rings is 1. The molecule has 0 aliphatic rings. The molecule has 0 unspecified atom stereocenters. The molecule has 0 bridgehead atoms. The fraction of sp³-hybridized carbons (Fsp3) is 0. The van der Waals surface area contributed by atoms with Gasteiger partial charge in [0, 0.05) is 0 Å². The zero-order valence-electron chi connectivity index (χ0n) is 4.27. The highest BCUT2D eigenvalue weighted by Gasteiger charge is 2.10. The molecule has 0 fully saturated rings. The van der Waals surface area contributed by atoms with Crippen LogP contribution in [0.2, 0.25) is 0 Å². The summed E-state index contributed by atoms with van der Waals surface area (Å²) in [7, 11) is 0. The highest BCUT2D eigenvalue weighted by atomic mass is 16.6. The van der Waals surface area contributed by atoms with E-state index in [2.05, 4.69) is 9.40 Å². The van der Waals surface area contributed by atoms with Crippen LogP contribution in [-0.4, -0.2) is 9.91 Å². The number of rotatable bonds is 1. The van der Waals surface area contributed by atoms with Crippen molar-refractivity contribution in [2.45, 2.75) is 0 Å². The van der Waals surface area contributed by atoms with E-state index in [0.29, 0.717) is 0 Å². The number of nitrogens with two attached hydrogens (primary N) is 1. The number of anilines is 1. The van der Waals surface area contributed by atoms with Crippen LogP contribution in [-0.2, 0) is 0 Å². The van der Waals surface area contributed by atoms with E-state index in [0.717, 1.165) is 6.20 Å². The van der Waals surface area contributed by atoms with Crippen molar-refractivity contribution in [3.05, 3.63) is 16.3 Å². The topological polar surface area (TPSA) is 95.2 Å². The predicted molar refractivity (Wildman–Crippen MR) is 27.6 cm³/mol. The lowest BCUT2D eigenvalue weighted by molar-refractivity contribution is -0.401. The Morgan fingerprint density at radius 1 is 1.89 bits per heavy atom. The molecule has 0 atom stereocenters. The van der Waals surface area contributed by atoms with Crippen LogP contribution in [0, 0.1) is 10.1 Å². The smallest absolute Gasteiger partial charge is 0.366 e. The fourth-order valence-corrected chi connectivity index (χ4v) is 0.363. The summed E-state index contributed by atoms with van der Waals surface area (Å²) in [5, 5.41) is 9.83. The number of hydrogen-bond acceptors (Lipinski definition) is 5. The third-order valence-electron chi connectivity index (χ3n) is 0.691. The van der Waals surface area contributed by atoms with Crippen molar-refractivity contribution >= 4 is 11.9 Å². The fourth-order valence-electron chi connectivity index (χ4n) is 0.363. The second kappa shape index (κ2) is 1.73. The van der Waals surface area contributed by atoms with E-state index in [1.807, 2.05) is 0 Å². The Bertz CT molecular complexity index is 230. The van der Waals surface area contributed by atoms with Crippen molar-refractivity contribution in [1.29, 1.82) is 0 Å². The summed E-state index contributed by atoms with van der Waals surface area (Å²) in [4.78, 5) is 12.4. The number of nitro groups is 1. The Kier molecular flexibility index (Phi) is 1.07. The second-order valence-corrected chi connectivity index (χ2v) is 1.29. The molecule has 6 heteroatoms. The first kappa shape index (κ1) is 5.54. The van der Waals surface area contributed by atoms with Gasteiger partial charge in [-0.2, -0.15) is 4.98 Å². The predicted octanol–water partition coefficient (Wildman–Crippen LogP) is 0.165. The lowest BCUT2D eigenvalue weighted by atomic mass is 10.8. The molecule has 0 amide bonds. The minimum atomic E-state index is -0.705. The van der Waals surface area contributed by atoms with Crippen molar-refractivity contribution in [3.63, 3.8) is 0 Å². The van der Waals surface area contributed by atoms with Crippen LogP contribution in [0.3, 0.4) is 0 Å². The van der Waals surface area contributed by atoms with E-state index in [9.17, 15) is 10.1 Å². The number of nitrogen functional groups attached to an aromatic ring is 1. The maximum Gasteiger partial charge on any atom is 0.454 e. The molecule has 1 rings (SSSR count). The number of aromatic nitrogens is 1. The molecule has 0 radical (unpaired) electrons. The maximum absolute atomic E-state index is 9.83. The Morgan fingerprint density at radius 3 is 2.78 bits per heavy atom. The normalized spacial score (nSPS) is 9.33. The Hall–Kier alpha value is -1.59. The van der Waals surface area contributed by atoms with E-state index in [4.69, 9.17) is 5.73 Å². The first-order chi connectivity index (χ1) is 4.20. The molecule has 48 valence electrons. The van der Waals surface area contributed by atoms with Crippen molar-refractivity contribution in [3.8, 4) is 0 Å². The zero-order chi connectivity index (χ0) is 6.85. The molecule has 0 aliphatic heterocycles. The SMILES string of the molecule is Nc1ncc([N+](=O)[O-])o1. The van der Waals surface area contributed by atoms with Crippen molar-refractivity contribution in [2.75, 3.05) is 5.73 Å². The second-order valence-electron chi connectivity index (χ2n) is 1.29. The van der Waals surface area contributed by atoms with Gasteiger partial charge in [-0.05, 0) is 0 Å². The first-order valence-electron chi connectivity index (χ1n) is 2.06. The van der Waals surface area contributed by atoms with Gasteiger partial charge in [0.15, 0.2) is 6.20 Å². The summed E-state index contributed by atoms with van der Waals surface area (Å²) in [6, 6.07) is -0.193. The summed E-state index contributed by atoms with van der Waals surface area (Å²) >= 11 is 0. The molecule has 2 N–H and O–H groups in total. The van der Waals surface area contributed by atoms with Gasteiger partial charge in [0.05, 0.1) is 0 Å². The largest absolute Gasteiger partial charge is 0.454 e. The van der Waals surface area contributed by atoms with Crippen LogP contribution >= 0.6 is 0 Å². The van der Waals surface area contributed by atoms with Gasteiger partial charge in [-0.1, -0.05) is 0 Å².